The summed E-state index contributed by atoms with van der Waals surface area (Å²) in [6.45, 7) is 21.0. The fraction of sp³-hybridized carbons (Fsp3) is 0.400. The van der Waals surface area contributed by atoms with Crippen LogP contribution in [0.4, 0.5) is 16.9 Å². The molecule has 0 aliphatic rings. The molecule has 0 radical (unpaired) electrons. The van der Waals surface area contributed by atoms with Crippen molar-refractivity contribution < 1.29 is 16.9 Å². The number of rotatable bonds is 3. The van der Waals surface area contributed by atoms with Gasteiger partial charge in [0.2, 0.25) is 0 Å². The quantitative estimate of drug-likeness (QED) is 0.148. The third-order valence-corrected chi connectivity index (χ3v) is 8.13. The van der Waals surface area contributed by atoms with Crippen LogP contribution in [0.1, 0.15) is 79.0 Å². The Hall–Kier alpha value is -1.59. The van der Waals surface area contributed by atoms with Gasteiger partial charge >= 0.3 is 36.4 Å². The third-order valence-electron chi connectivity index (χ3n) is 5.74. The Morgan fingerprint density at radius 3 is 0.789 bits per heavy atom. The molecule has 0 aromatic heterocycles. The molecule has 0 bridgehead atoms. The fourth-order valence-corrected chi connectivity index (χ4v) is 7.29. The van der Waals surface area contributed by atoms with E-state index in [0.717, 1.165) is 0 Å². The van der Waals surface area contributed by atoms with Crippen LogP contribution in [0.3, 0.4) is 0 Å². The molecule has 0 spiro atoms. The summed E-state index contributed by atoms with van der Waals surface area (Å²) in [7, 11) is -0.189. The van der Waals surface area contributed by atoms with Crippen molar-refractivity contribution in [2.75, 3.05) is 0 Å². The van der Waals surface area contributed by atoms with Gasteiger partial charge in [0.25, 0.3) is 0 Å². The normalized spacial score (nSPS) is 14.8. The SMILES string of the molecule is CC(C)(C)c1ccccc1[S+](c1ccccc1C(C)(C)C)c1ccccc1C(C)(C)C.[F][Sb-]([F])([F])([F])([F])[F]. The van der Waals surface area contributed by atoms with Crippen LogP contribution in [0.25, 0.3) is 0 Å². The molecule has 0 aliphatic carbocycles. The molecule has 0 nitrogen and oxygen atoms in total. The van der Waals surface area contributed by atoms with Crippen molar-refractivity contribution in [1.29, 1.82) is 0 Å². The molecule has 3 rings (SSSR count). The van der Waals surface area contributed by atoms with Gasteiger partial charge in [-0.3, -0.25) is 0 Å². The van der Waals surface area contributed by atoms with E-state index in [-0.39, 0.29) is 27.1 Å². The molecule has 0 aliphatic heterocycles. The van der Waals surface area contributed by atoms with Crippen LogP contribution in [-0.4, -0.2) is 19.5 Å². The van der Waals surface area contributed by atoms with Crippen LogP contribution in [0, 0.1) is 0 Å². The molecule has 0 unspecified atom stereocenters. The van der Waals surface area contributed by atoms with Crippen molar-refractivity contribution in [2.45, 2.75) is 93.2 Å². The second-order valence-corrected chi connectivity index (χ2v) is 19.9. The maximum absolute atomic E-state index is 11.2. The van der Waals surface area contributed by atoms with Gasteiger partial charge in [-0.25, -0.2) is 0 Å². The molecule has 38 heavy (non-hydrogen) atoms. The van der Waals surface area contributed by atoms with Gasteiger partial charge in [0.15, 0.2) is 14.7 Å². The van der Waals surface area contributed by atoms with Crippen molar-refractivity contribution in [1.82, 2.24) is 0 Å². The van der Waals surface area contributed by atoms with Crippen LogP contribution in [0.2, 0.25) is 0 Å². The zero-order valence-corrected chi connectivity index (χ0v) is 26.9. The first-order valence-corrected chi connectivity index (χ1v) is 19.4. The number of halogens is 6. The molecule has 8 heteroatoms. The van der Waals surface area contributed by atoms with E-state index in [1.165, 1.54) is 31.4 Å². The van der Waals surface area contributed by atoms with Gasteiger partial charge in [0, 0.05) is 16.7 Å². The minimum atomic E-state index is -11.2. The van der Waals surface area contributed by atoms with Crippen molar-refractivity contribution in [3.8, 4) is 0 Å². The molecule has 0 atom stereocenters. The summed E-state index contributed by atoms with van der Waals surface area (Å²) in [5.41, 5.74) is 4.54. The summed E-state index contributed by atoms with van der Waals surface area (Å²) < 4.78 is 59.6. The second kappa shape index (κ2) is 10.1. The standard InChI is InChI=1S/C30H39S.6FH.Sb/c1-28(2,3)22-16-10-13-19-25(22)31(26-20-14-11-17-23(26)29(4,5)6)27-21-15-12-18-24(27)30(7,8)9;;;;;;;/h10-21H,1-9H3;6*1H;/q+1;;;;;;;+5/p-6. The summed E-state index contributed by atoms with van der Waals surface area (Å²) in [5.74, 6) is 0. The van der Waals surface area contributed by atoms with Gasteiger partial charge in [-0.2, -0.15) is 0 Å². The third kappa shape index (κ3) is 10.2. The predicted molar refractivity (Wildman–Crippen MR) is 150 cm³/mol. The predicted octanol–water partition coefficient (Wildman–Crippen LogP) is 10.8. The number of hydrogen-bond donors (Lipinski definition) is 0. The Kier molecular flexibility index (Phi) is 8.67. The van der Waals surface area contributed by atoms with Gasteiger partial charge in [0.05, 0.1) is 0 Å². The van der Waals surface area contributed by atoms with Crippen molar-refractivity contribution in [3.05, 3.63) is 89.5 Å². The zero-order valence-electron chi connectivity index (χ0n) is 23.6. The molecular formula is C30H39F6SSb. The topological polar surface area (TPSA) is 0 Å². The van der Waals surface area contributed by atoms with Crippen molar-refractivity contribution in [2.24, 2.45) is 0 Å². The molecule has 212 valence electrons. The molecule has 0 saturated carbocycles. The summed E-state index contributed by atoms with van der Waals surface area (Å²) in [5, 5.41) is 0. The Balaban J connectivity index is 0.000000638. The second-order valence-electron chi connectivity index (χ2n) is 12.5. The van der Waals surface area contributed by atoms with Gasteiger partial charge < -0.3 is 0 Å². The van der Waals surface area contributed by atoms with Gasteiger partial charge in [-0.15, -0.1) is 0 Å². The Morgan fingerprint density at radius 1 is 0.421 bits per heavy atom. The minimum absolute atomic E-state index is 0.0786. The molecule has 0 N–H and O–H groups in total. The first kappa shape index (κ1) is 32.6. The maximum atomic E-state index is 9.93. The van der Waals surface area contributed by atoms with E-state index in [9.17, 15) is 16.9 Å². The van der Waals surface area contributed by atoms with E-state index < -0.39 is 19.5 Å². The van der Waals surface area contributed by atoms with Crippen LogP contribution >= 0.6 is 0 Å². The number of benzene rings is 3. The van der Waals surface area contributed by atoms with E-state index in [1.807, 2.05) is 0 Å². The van der Waals surface area contributed by atoms with E-state index in [0.29, 0.717) is 0 Å². The number of hydrogen-bond acceptors (Lipinski definition) is 0. The Labute approximate surface area is 229 Å². The van der Waals surface area contributed by atoms with E-state index >= 15 is 0 Å². The monoisotopic (exact) mass is 666 g/mol. The molecule has 3 aromatic carbocycles. The van der Waals surface area contributed by atoms with Crippen molar-refractivity contribution >= 4 is 30.4 Å². The Morgan fingerprint density at radius 2 is 0.605 bits per heavy atom. The van der Waals surface area contributed by atoms with E-state index in [2.05, 4.69) is 135 Å². The summed E-state index contributed by atoms with van der Waals surface area (Å²) in [6, 6.07) is 27.3. The summed E-state index contributed by atoms with van der Waals surface area (Å²) >= 11 is -11.2. The van der Waals surface area contributed by atoms with Crippen LogP contribution in [-0.2, 0) is 27.1 Å². The average molecular weight is 667 g/mol. The Bertz CT molecular complexity index is 1110. The first-order valence-electron chi connectivity index (χ1n) is 12.4. The average Bonchev–Trinajstić information content (AvgIpc) is 2.71. The van der Waals surface area contributed by atoms with Gasteiger partial charge in [-0.05, 0) is 34.4 Å². The molecule has 0 saturated heterocycles. The molecule has 0 amide bonds. The first-order chi connectivity index (χ1) is 16.8. The van der Waals surface area contributed by atoms with E-state index in [1.54, 1.807) is 0 Å². The van der Waals surface area contributed by atoms with Crippen LogP contribution in [0.15, 0.2) is 87.5 Å². The summed E-state index contributed by atoms with van der Waals surface area (Å²) in [6.07, 6.45) is 0. The summed E-state index contributed by atoms with van der Waals surface area (Å²) in [4.78, 5) is 4.34. The molecule has 3 aromatic rings. The van der Waals surface area contributed by atoms with Gasteiger partial charge in [-0.1, -0.05) is 117 Å². The fourth-order valence-electron chi connectivity index (χ4n) is 4.15. The van der Waals surface area contributed by atoms with Crippen molar-refractivity contribution in [3.63, 3.8) is 0 Å². The van der Waals surface area contributed by atoms with Gasteiger partial charge in [0.1, 0.15) is 10.9 Å². The molecular weight excluding hydrogens is 628 g/mol. The molecule has 0 fully saturated rings. The molecule has 0 heterocycles. The van der Waals surface area contributed by atoms with Crippen LogP contribution in [0.5, 0.6) is 0 Å². The van der Waals surface area contributed by atoms with E-state index in [4.69, 9.17) is 0 Å². The van der Waals surface area contributed by atoms with Crippen LogP contribution < -0.4 is 0 Å². The zero-order chi connectivity index (χ0) is 29.4.